The van der Waals surface area contributed by atoms with E-state index in [1.807, 2.05) is 6.92 Å². The Morgan fingerprint density at radius 1 is 1.50 bits per heavy atom. The highest BCUT2D eigenvalue weighted by atomic mass is 35.5. The second-order valence-corrected chi connectivity index (χ2v) is 4.41. The minimum Gasteiger partial charge on any atom is -0.397 e. The van der Waals surface area contributed by atoms with Crippen molar-refractivity contribution in [2.45, 2.75) is 13.3 Å². The lowest BCUT2D eigenvalue weighted by molar-refractivity contribution is 0.0988. The summed E-state index contributed by atoms with van der Waals surface area (Å²) in [4.78, 5) is 16.0. The van der Waals surface area contributed by atoms with Gasteiger partial charge in [-0.25, -0.2) is 0 Å². The average Bonchev–Trinajstić information content (AvgIpc) is 2.57. The van der Waals surface area contributed by atoms with Crippen LogP contribution in [0.1, 0.15) is 21.7 Å². The van der Waals surface area contributed by atoms with Crippen LogP contribution in [0.3, 0.4) is 0 Å². The molecule has 0 aliphatic heterocycles. The van der Waals surface area contributed by atoms with E-state index in [1.54, 1.807) is 23.9 Å². The number of hydrogen-bond donors (Lipinski definition) is 1. The molecular formula is C12H13ClN4O. The predicted molar refractivity (Wildman–Crippen MR) is 69.6 cm³/mol. The number of hydrogen-bond acceptors (Lipinski definition) is 4. The third-order valence-corrected chi connectivity index (χ3v) is 3.15. The number of ketones is 1. The molecule has 0 aliphatic rings. The maximum absolute atomic E-state index is 12.0. The third kappa shape index (κ3) is 2.36. The SMILES string of the molecule is Cc1nn(C)c(Cl)c1CC(=O)c1ccc(N)cn1. The van der Waals surface area contributed by atoms with Gasteiger partial charge in [0.2, 0.25) is 0 Å². The van der Waals surface area contributed by atoms with Crippen molar-refractivity contribution >= 4 is 23.1 Å². The Morgan fingerprint density at radius 3 is 2.72 bits per heavy atom. The van der Waals surface area contributed by atoms with Gasteiger partial charge in [-0.05, 0) is 19.1 Å². The zero-order valence-corrected chi connectivity index (χ0v) is 10.9. The maximum atomic E-state index is 12.0. The normalized spacial score (nSPS) is 10.6. The van der Waals surface area contributed by atoms with Gasteiger partial charge in [-0.1, -0.05) is 11.6 Å². The number of nitrogen functional groups attached to an aromatic ring is 1. The zero-order chi connectivity index (χ0) is 13.3. The molecule has 0 saturated heterocycles. The van der Waals surface area contributed by atoms with Crippen molar-refractivity contribution in [2.24, 2.45) is 7.05 Å². The molecule has 2 N–H and O–H groups in total. The number of aryl methyl sites for hydroxylation is 2. The smallest absolute Gasteiger partial charge is 0.185 e. The Bertz CT molecular complexity index is 589. The highest BCUT2D eigenvalue weighted by Gasteiger charge is 2.16. The van der Waals surface area contributed by atoms with E-state index in [9.17, 15) is 4.79 Å². The van der Waals surface area contributed by atoms with E-state index in [4.69, 9.17) is 17.3 Å². The molecular weight excluding hydrogens is 252 g/mol. The number of aromatic nitrogens is 3. The van der Waals surface area contributed by atoms with Crippen molar-refractivity contribution in [1.29, 1.82) is 0 Å². The Morgan fingerprint density at radius 2 is 2.22 bits per heavy atom. The maximum Gasteiger partial charge on any atom is 0.185 e. The van der Waals surface area contributed by atoms with Crippen molar-refractivity contribution < 1.29 is 4.79 Å². The topological polar surface area (TPSA) is 73.8 Å². The van der Waals surface area contributed by atoms with E-state index in [1.165, 1.54) is 6.20 Å². The van der Waals surface area contributed by atoms with Gasteiger partial charge in [0.15, 0.2) is 5.78 Å². The second kappa shape index (κ2) is 4.78. The molecule has 6 heteroatoms. The Labute approximate surface area is 110 Å². The summed E-state index contributed by atoms with van der Waals surface area (Å²) in [6, 6.07) is 3.26. The Hall–Kier alpha value is -1.88. The minimum absolute atomic E-state index is 0.104. The molecule has 0 atom stereocenters. The summed E-state index contributed by atoms with van der Waals surface area (Å²) >= 11 is 6.08. The summed E-state index contributed by atoms with van der Waals surface area (Å²) in [5.41, 5.74) is 7.93. The average molecular weight is 265 g/mol. The lowest BCUT2D eigenvalue weighted by atomic mass is 10.1. The molecule has 0 fully saturated rings. The predicted octanol–water partition coefficient (Wildman–Crippen LogP) is 1.78. The van der Waals surface area contributed by atoms with Gasteiger partial charge in [0.1, 0.15) is 10.8 Å². The van der Waals surface area contributed by atoms with Crippen LogP contribution in [0.4, 0.5) is 5.69 Å². The summed E-state index contributed by atoms with van der Waals surface area (Å²) in [5, 5.41) is 4.65. The van der Waals surface area contributed by atoms with E-state index >= 15 is 0 Å². The molecule has 0 aliphatic carbocycles. The van der Waals surface area contributed by atoms with Crippen molar-refractivity contribution in [3.05, 3.63) is 40.4 Å². The summed E-state index contributed by atoms with van der Waals surface area (Å²) in [7, 11) is 1.74. The van der Waals surface area contributed by atoms with Gasteiger partial charge in [-0.3, -0.25) is 14.5 Å². The van der Waals surface area contributed by atoms with Crippen molar-refractivity contribution in [2.75, 3.05) is 5.73 Å². The third-order valence-electron chi connectivity index (χ3n) is 2.68. The van der Waals surface area contributed by atoms with Crippen LogP contribution in [-0.4, -0.2) is 20.5 Å². The van der Waals surface area contributed by atoms with Crippen LogP contribution in [0.2, 0.25) is 5.15 Å². The minimum atomic E-state index is -0.104. The van der Waals surface area contributed by atoms with E-state index in [0.29, 0.717) is 16.5 Å². The van der Waals surface area contributed by atoms with Crippen molar-refractivity contribution in [3.8, 4) is 0 Å². The first-order valence-electron chi connectivity index (χ1n) is 5.41. The van der Waals surface area contributed by atoms with Gasteiger partial charge in [0, 0.05) is 19.0 Å². The fourth-order valence-electron chi connectivity index (χ4n) is 1.70. The molecule has 2 aromatic heterocycles. The first-order chi connectivity index (χ1) is 8.49. The lowest BCUT2D eigenvalue weighted by Gasteiger charge is -2.01. The van der Waals surface area contributed by atoms with Crippen molar-refractivity contribution in [1.82, 2.24) is 14.8 Å². The molecule has 2 aromatic rings. The zero-order valence-electron chi connectivity index (χ0n) is 10.1. The quantitative estimate of drug-likeness (QED) is 0.858. The largest absolute Gasteiger partial charge is 0.397 e. The molecule has 0 bridgehead atoms. The molecule has 2 rings (SSSR count). The molecule has 5 nitrogen and oxygen atoms in total. The number of pyridine rings is 1. The lowest BCUT2D eigenvalue weighted by Crippen LogP contribution is -2.07. The second-order valence-electron chi connectivity index (χ2n) is 4.06. The fraction of sp³-hybridized carbons (Fsp3) is 0.250. The standard InChI is InChI=1S/C12H13ClN4O/c1-7-9(12(13)17(2)16-7)5-11(18)10-4-3-8(14)6-15-10/h3-4,6H,5,14H2,1-2H3. The van der Waals surface area contributed by atoms with Crippen LogP contribution >= 0.6 is 11.6 Å². The van der Waals surface area contributed by atoms with Gasteiger partial charge in [0.05, 0.1) is 17.6 Å². The Kier molecular flexibility index (Phi) is 3.34. The number of rotatable bonds is 3. The molecule has 18 heavy (non-hydrogen) atoms. The van der Waals surface area contributed by atoms with Crippen LogP contribution in [-0.2, 0) is 13.5 Å². The van der Waals surface area contributed by atoms with Crippen LogP contribution in [0.25, 0.3) is 0 Å². The van der Waals surface area contributed by atoms with Crippen LogP contribution in [0.5, 0.6) is 0 Å². The molecule has 0 aromatic carbocycles. The summed E-state index contributed by atoms with van der Waals surface area (Å²) in [6.07, 6.45) is 1.65. The first kappa shape index (κ1) is 12.6. The first-order valence-corrected chi connectivity index (χ1v) is 5.79. The number of nitrogens with zero attached hydrogens (tertiary/aromatic N) is 3. The van der Waals surface area contributed by atoms with Gasteiger partial charge < -0.3 is 5.73 Å². The molecule has 0 unspecified atom stereocenters. The number of halogens is 1. The summed E-state index contributed by atoms with van der Waals surface area (Å²) < 4.78 is 1.55. The van der Waals surface area contributed by atoms with Crippen LogP contribution in [0, 0.1) is 6.92 Å². The van der Waals surface area contributed by atoms with E-state index in [-0.39, 0.29) is 12.2 Å². The van der Waals surface area contributed by atoms with Gasteiger partial charge in [-0.2, -0.15) is 5.10 Å². The van der Waals surface area contributed by atoms with E-state index in [0.717, 1.165) is 11.3 Å². The Balaban J connectivity index is 2.24. The number of Topliss-reactive ketones (excluding diaryl/α,β-unsaturated/α-hetero) is 1. The van der Waals surface area contributed by atoms with Crippen molar-refractivity contribution in [3.63, 3.8) is 0 Å². The highest BCUT2D eigenvalue weighted by molar-refractivity contribution is 6.30. The van der Waals surface area contributed by atoms with E-state index in [2.05, 4.69) is 10.1 Å². The van der Waals surface area contributed by atoms with Gasteiger partial charge >= 0.3 is 0 Å². The number of carbonyl (C=O) groups excluding carboxylic acids is 1. The van der Waals surface area contributed by atoms with Crippen LogP contribution < -0.4 is 5.73 Å². The number of anilines is 1. The molecule has 0 spiro atoms. The molecule has 2 heterocycles. The molecule has 0 saturated carbocycles. The summed E-state index contributed by atoms with van der Waals surface area (Å²) in [6.45, 7) is 1.82. The van der Waals surface area contributed by atoms with Gasteiger partial charge in [0.25, 0.3) is 0 Å². The number of carbonyl (C=O) groups is 1. The number of nitrogens with two attached hydrogens (primary N) is 1. The monoisotopic (exact) mass is 264 g/mol. The fourth-order valence-corrected chi connectivity index (χ4v) is 1.94. The van der Waals surface area contributed by atoms with E-state index < -0.39 is 0 Å². The molecule has 0 amide bonds. The molecule has 0 radical (unpaired) electrons. The molecule has 94 valence electrons. The highest BCUT2D eigenvalue weighted by Crippen LogP contribution is 2.20. The van der Waals surface area contributed by atoms with Gasteiger partial charge in [-0.15, -0.1) is 0 Å². The van der Waals surface area contributed by atoms with Crippen LogP contribution in [0.15, 0.2) is 18.3 Å². The summed E-state index contributed by atoms with van der Waals surface area (Å²) in [5.74, 6) is -0.104.